The van der Waals surface area contributed by atoms with Crippen molar-refractivity contribution in [3.63, 3.8) is 0 Å². The fourth-order valence-corrected chi connectivity index (χ4v) is 1.99. The molecule has 0 aliphatic carbocycles. The summed E-state index contributed by atoms with van der Waals surface area (Å²) < 4.78 is 0. The number of halogens is 1. The molecule has 0 unspecified atom stereocenters. The van der Waals surface area contributed by atoms with E-state index in [0.717, 1.165) is 16.8 Å². The van der Waals surface area contributed by atoms with Gasteiger partial charge >= 0.3 is 0 Å². The van der Waals surface area contributed by atoms with Crippen LogP contribution >= 0.6 is 11.6 Å². The van der Waals surface area contributed by atoms with Crippen LogP contribution in [0.5, 0.6) is 0 Å². The molecule has 20 heavy (non-hydrogen) atoms. The highest BCUT2D eigenvalue weighted by atomic mass is 35.5. The molecule has 0 saturated heterocycles. The Morgan fingerprint density at radius 3 is 2.55 bits per heavy atom. The van der Waals surface area contributed by atoms with Crippen LogP contribution < -0.4 is 0 Å². The number of nitrogens with zero attached hydrogens (tertiary/aromatic N) is 1. The number of carbonyl (C=O) groups excluding carboxylic acids is 1. The topological polar surface area (TPSA) is 29.4 Å². The number of aliphatic imine (C=N–C) groups is 1. The number of hydrogen-bond donors (Lipinski definition) is 0. The Morgan fingerprint density at radius 2 is 1.85 bits per heavy atom. The molecule has 102 valence electrons. The highest BCUT2D eigenvalue weighted by Gasteiger charge is 2.04. The van der Waals surface area contributed by atoms with Gasteiger partial charge < -0.3 is 0 Å². The van der Waals surface area contributed by atoms with Crippen molar-refractivity contribution in [1.29, 1.82) is 0 Å². The summed E-state index contributed by atoms with van der Waals surface area (Å²) in [5, 5.41) is 0.685. The Kier molecular flexibility index (Phi) is 4.70. The predicted octanol–water partition coefficient (Wildman–Crippen LogP) is 4.93. The molecular formula is C17H16ClNO. The zero-order valence-electron chi connectivity index (χ0n) is 11.6. The lowest BCUT2D eigenvalue weighted by Gasteiger charge is -2.01. The van der Waals surface area contributed by atoms with E-state index in [1.54, 1.807) is 6.21 Å². The van der Waals surface area contributed by atoms with Crippen LogP contribution in [-0.4, -0.2) is 12.0 Å². The van der Waals surface area contributed by atoms with Crippen LogP contribution in [0.4, 0.5) is 5.69 Å². The lowest BCUT2D eigenvalue weighted by molar-refractivity contribution is 0.100. The molecular weight excluding hydrogens is 270 g/mol. The first-order valence-electron chi connectivity index (χ1n) is 6.45. The molecule has 0 fully saturated rings. The first kappa shape index (κ1) is 14.5. The van der Waals surface area contributed by atoms with Gasteiger partial charge in [-0.2, -0.15) is 0 Å². The van der Waals surface area contributed by atoms with Crippen molar-refractivity contribution >= 4 is 29.3 Å². The molecule has 0 amide bonds. The van der Waals surface area contributed by atoms with Gasteiger partial charge in [-0.05, 0) is 31.5 Å². The number of Topliss-reactive ketones (excluding diaryl/α,β-unsaturated/α-hetero) is 1. The number of hydrogen-bond acceptors (Lipinski definition) is 2. The summed E-state index contributed by atoms with van der Waals surface area (Å²) >= 11 is 6.03. The van der Waals surface area contributed by atoms with E-state index >= 15 is 0 Å². The van der Waals surface area contributed by atoms with E-state index in [0.29, 0.717) is 10.6 Å². The summed E-state index contributed by atoms with van der Waals surface area (Å²) in [5.74, 6) is 0.0634. The Balaban J connectivity index is 2.04. The molecule has 2 aromatic carbocycles. The average molecular weight is 286 g/mol. The summed E-state index contributed by atoms with van der Waals surface area (Å²) in [6.07, 6.45) is 1.93. The lowest BCUT2D eigenvalue weighted by atomic mass is 10.1. The fourth-order valence-electron chi connectivity index (χ4n) is 1.82. The Bertz CT molecular complexity index is 645. The van der Waals surface area contributed by atoms with E-state index in [4.69, 9.17) is 11.6 Å². The third-order valence-electron chi connectivity index (χ3n) is 3.12. The highest BCUT2D eigenvalue weighted by molar-refractivity contribution is 6.31. The zero-order chi connectivity index (χ0) is 14.5. The molecule has 0 radical (unpaired) electrons. The van der Waals surface area contributed by atoms with E-state index in [9.17, 15) is 4.79 Å². The van der Waals surface area contributed by atoms with Crippen LogP contribution in [0, 0.1) is 13.8 Å². The maximum absolute atomic E-state index is 12.0. The number of carbonyl (C=O) groups is 1. The maximum Gasteiger partial charge on any atom is 0.168 e. The number of benzene rings is 2. The summed E-state index contributed by atoms with van der Waals surface area (Å²) in [6.45, 7) is 3.91. The molecule has 0 saturated carbocycles. The molecule has 0 N–H and O–H groups in total. The van der Waals surface area contributed by atoms with Gasteiger partial charge in [0.15, 0.2) is 5.78 Å². The Morgan fingerprint density at radius 1 is 1.15 bits per heavy atom. The maximum atomic E-state index is 12.0. The van der Waals surface area contributed by atoms with Gasteiger partial charge in [0.1, 0.15) is 0 Å². The number of rotatable bonds is 4. The smallest absolute Gasteiger partial charge is 0.168 e. The Hall–Kier alpha value is -1.93. The minimum atomic E-state index is 0.0634. The second kappa shape index (κ2) is 6.49. The van der Waals surface area contributed by atoms with Gasteiger partial charge in [-0.3, -0.25) is 9.79 Å². The van der Waals surface area contributed by atoms with Gasteiger partial charge in [0.2, 0.25) is 0 Å². The van der Waals surface area contributed by atoms with Gasteiger partial charge in [-0.15, -0.1) is 0 Å². The first-order chi connectivity index (χ1) is 9.58. The zero-order valence-corrected chi connectivity index (χ0v) is 12.3. The van der Waals surface area contributed by atoms with Crippen LogP contribution in [0.3, 0.4) is 0 Å². The first-order valence-corrected chi connectivity index (χ1v) is 6.83. The standard InChI is InChI=1S/C17H16ClNO/c1-12-6-8-14(9-7-12)17(20)10-11-19-16-5-3-4-15(18)13(16)2/h3-9,11H,10H2,1-2H3. The minimum absolute atomic E-state index is 0.0634. The van der Waals surface area contributed by atoms with Crippen LogP contribution in [0.25, 0.3) is 0 Å². The van der Waals surface area contributed by atoms with Crippen LogP contribution in [-0.2, 0) is 0 Å². The average Bonchev–Trinajstić information content (AvgIpc) is 2.44. The highest BCUT2D eigenvalue weighted by Crippen LogP contribution is 2.25. The van der Waals surface area contributed by atoms with Gasteiger partial charge in [0.25, 0.3) is 0 Å². The Labute approximate surface area is 124 Å². The van der Waals surface area contributed by atoms with Gasteiger partial charge in [-0.25, -0.2) is 0 Å². The van der Waals surface area contributed by atoms with E-state index in [2.05, 4.69) is 4.99 Å². The molecule has 0 heterocycles. The molecule has 0 aromatic heterocycles. The van der Waals surface area contributed by atoms with Crippen molar-refractivity contribution in [1.82, 2.24) is 0 Å². The second-order valence-corrected chi connectivity index (χ2v) is 5.10. The molecule has 0 atom stereocenters. The predicted molar refractivity (Wildman–Crippen MR) is 84.5 cm³/mol. The molecule has 2 aromatic rings. The molecule has 3 heteroatoms. The van der Waals surface area contributed by atoms with E-state index in [1.165, 1.54) is 0 Å². The van der Waals surface area contributed by atoms with E-state index < -0.39 is 0 Å². The van der Waals surface area contributed by atoms with Crippen LogP contribution in [0.15, 0.2) is 47.5 Å². The van der Waals surface area contributed by atoms with Crippen molar-refractivity contribution < 1.29 is 4.79 Å². The lowest BCUT2D eigenvalue weighted by Crippen LogP contribution is -1.99. The summed E-state index contributed by atoms with van der Waals surface area (Å²) in [4.78, 5) is 16.3. The van der Waals surface area contributed by atoms with Crippen molar-refractivity contribution in [2.24, 2.45) is 4.99 Å². The van der Waals surface area contributed by atoms with Crippen molar-refractivity contribution in [3.05, 3.63) is 64.2 Å². The van der Waals surface area contributed by atoms with Crippen LogP contribution in [0.2, 0.25) is 5.02 Å². The summed E-state index contributed by atoms with van der Waals surface area (Å²) in [5.41, 5.74) is 3.58. The van der Waals surface area contributed by atoms with Crippen molar-refractivity contribution in [3.8, 4) is 0 Å². The second-order valence-electron chi connectivity index (χ2n) is 4.69. The van der Waals surface area contributed by atoms with Gasteiger partial charge in [-0.1, -0.05) is 47.5 Å². The summed E-state index contributed by atoms with van der Waals surface area (Å²) in [6, 6.07) is 13.1. The quantitative estimate of drug-likeness (QED) is 0.578. The van der Waals surface area contributed by atoms with Crippen molar-refractivity contribution in [2.75, 3.05) is 0 Å². The molecule has 0 spiro atoms. The minimum Gasteiger partial charge on any atom is -0.294 e. The third kappa shape index (κ3) is 3.55. The van der Waals surface area contributed by atoms with E-state index in [-0.39, 0.29) is 12.2 Å². The van der Waals surface area contributed by atoms with Crippen LogP contribution in [0.1, 0.15) is 27.9 Å². The van der Waals surface area contributed by atoms with Gasteiger partial charge in [0, 0.05) is 23.2 Å². The van der Waals surface area contributed by atoms with Gasteiger partial charge in [0.05, 0.1) is 5.69 Å². The number of ketones is 1. The molecule has 0 aliphatic heterocycles. The monoisotopic (exact) mass is 285 g/mol. The largest absolute Gasteiger partial charge is 0.294 e. The molecule has 2 nitrogen and oxygen atoms in total. The fraction of sp³-hybridized carbons (Fsp3) is 0.176. The van der Waals surface area contributed by atoms with Crippen molar-refractivity contribution in [2.45, 2.75) is 20.3 Å². The number of aryl methyl sites for hydroxylation is 1. The third-order valence-corrected chi connectivity index (χ3v) is 3.53. The summed E-state index contributed by atoms with van der Waals surface area (Å²) in [7, 11) is 0. The molecule has 0 bridgehead atoms. The SMILES string of the molecule is Cc1ccc(C(=O)CC=Nc2cccc(Cl)c2C)cc1. The molecule has 2 rings (SSSR count). The normalized spacial score (nSPS) is 10.9. The van der Waals surface area contributed by atoms with E-state index in [1.807, 2.05) is 56.3 Å². The molecule has 0 aliphatic rings.